The number of piperidine rings is 1. The first-order valence-corrected chi connectivity index (χ1v) is 5.69. The molecule has 0 saturated carbocycles. The van der Waals surface area contributed by atoms with E-state index in [2.05, 4.69) is 0 Å². The van der Waals surface area contributed by atoms with E-state index in [0.717, 1.165) is 25.1 Å². The fraction of sp³-hybridized carbons (Fsp3) is 0.364. The summed E-state index contributed by atoms with van der Waals surface area (Å²) in [6, 6.07) is 5.19. The van der Waals surface area contributed by atoms with E-state index in [1.807, 2.05) is 0 Å². The minimum atomic E-state index is 0.130. The van der Waals surface area contributed by atoms with Crippen LogP contribution < -0.4 is 4.90 Å². The lowest BCUT2D eigenvalue weighted by Gasteiger charge is -2.27. The molecule has 0 N–H and O–H groups in total. The number of carbonyl (C=O) groups excluding carboxylic acids is 1. The molecule has 15 heavy (non-hydrogen) atoms. The summed E-state index contributed by atoms with van der Waals surface area (Å²) in [6.07, 6.45) is 2.59. The summed E-state index contributed by atoms with van der Waals surface area (Å²) in [6.45, 7) is 0.735. The summed E-state index contributed by atoms with van der Waals surface area (Å²) in [4.78, 5) is 13.4. The molecule has 0 bridgehead atoms. The SMILES string of the molecule is O=C1CCCCN1c1cc(Cl)ccc1Cl. The fourth-order valence-electron chi connectivity index (χ4n) is 1.75. The van der Waals surface area contributed by atoms with Crippen molar-refractivity contribution in [3.8, 4) is 0 Å². The fourth-order valence-corrected chi connectivity index (χ4v) is 2.14. The van der Waals surface area contributed by atoms with E-state index in [1.165, 1.54) is 0 Å². The van der Waals surface area contributed by atoms with Crippen molar-refractivity contribution in [1.82, 2.24) is 0 Å². The molecule has 2 nitrogen and oxygen atoms in total. The lowest BCUT2D eigenvalue weighted by atomic mass is 10.1. The number of amides is 1. The molecular weight excluding hydrogens is 233 g/mol. The zero-order valence-corrected chi connectivity index (χ0v) is 9.68. The van der Waals surface area contributed by atoms with Gasteiger partial charge in [0.2, 0.25) is 5.91 Å². The molecule has 1 heterocycles. The first-order valence-electron chi connectivity index (χ1n) is 4.94. The van der Waals surface area contributed by atoms with Crippen molar-refractivity contribution in [1.29, 1.82) is 0 Å². The van der Waals surface area contributed by atoms with Gasteiger partial charge in [0.25, 0.3) is 0 Å². The Bertz CT molecular complexity index is 392. The molecule has 0 aliphatic carbocycles. The highest BCUT2D eigenvalue weighted by Gasteiger charge is 2.21. The minimum absolute atomic E-state index is 0.130. The average molecular weight is 244 g/mol. The van der Waals surface area contributed by atoms with Crippen LogP contribution in [0.4, 0.5) is 5.69 Å². The van der Waals surface area contributed by atoms with Gasteiger partial charge in [0.05, 0.1) is 10.7 Å². The van der Waals surface area contributed by atoms with Gasteiger partial charge in [0, 0.05) is 18.0 Å². The maximum atomic E-state index is 11.7. The molecule has 4 heteroatoms. The van der Waals surface area contributed by atoms with Crippen molar-refractivity contribution in [2.24, 2.45) is 0 Å². The number of benzene rings is 1. The number of nitrogens with zero attached hydrogens (tertiary/aromatic N) is 1. The summed E-state index contributed by atoms with van der Waals surface area (Å²) in [5.41, 5.74) is 0.730. The number of hydrogen-bond acceptors (Lipinski definition) is 1. The summed E-state index contributed by atoms with van der Waals surface area (Å²) >= 11 is 11.9. The Morgan fingerprint density at radius 2 is 2.00 bits per heavy atom. The van der Waals surface area contributed by atoms with Crippen molar-refractivity contribution in [3.63, 3.8) is 0 Å². The third-order valence-corrected chi connectivity index (χ3v) is 3.08. The second-order valence-corrected chi connectivity index (χ2v) is 4.44. The summed E-state index contributed by atoms with van der Waals surface area (Å²) in [5.74, 6) is 0.130. The van der Waals surface area contributed by atoms with Crippen LogP contribution in [0, 0.1) is 0 Å². The van der Waals surface area contributed by atoms with E-state index in [-0.39, 0.29) is 5.91 Å². The molecule has 0 radical (unpaired) electrons. The van der Waals surface area contributed by atoms with E-state index in [0.29, 0.717) is 16.5 Å². The Hall–Kier alpha value is -0.730. The van der Waals surface area contributed by atoms with E-state index in [9.17, 15) is 4.79 Å². The number of anilines is 1. The molecule has 1 saturated heterocycles. The quantitative estimate of drug-likeness (QED) is 0.740. The van der Waals surface area contributed by atoms with E-state index in [1.54, 1.807) is 23.1 Å². The normalized spacial score (nSPS) is 16.9. The van der Waals surface area contributed by atoms with Gasteiger partial charge in [0.1, 0.15) is 0 Å². The molecule has 80 valence electrons. The molecule has 2 rings (SSSR count). The van der Waals surface area contributed by atoms with Gasteiger partial charge < -0.3 is 4.90 Å². The van der Waals surface area contributed by atoms with Crippen molar-refractivity contribution in [2.75, 3.05) is 11.4 Å². The zero-order chi connectivity index (χ0) is 10.8. The standard InChI is InChI=1S/C11H11Cl2NO/c12-8-4-5-9(13)10(7-8)14-6-2-1-3-11(14)15/h4-5,7H,1-3,6H2. The van der Waals surface area contributed by atoms with Crippen LogP contribution in [0.15, 0.2) is 18.2 Å². The van der Waals surface area contributed by atoms with E-state index >= 15 is 0 Å². The number of halogens is 2. The van der Waals surface area contributed by atoms with Crippen LogP contribution in [0.5, 0.6) is 0 Å². The first-order chi connectivity index (χ1) is 7.18. The largest absolute Gasteiger partial charge is 0.311 e. The van der Waals surface area contributed by atoms with Gasteiger partial charge in [-0.3, -0.25) is 4.79 Å². The lowest BCUT2D eigenvalue weighted by Crippen LogP contribution is -2.35. The Morgan fingerprint density at radius 3 is 2.73 bits per heavy atom. The molecule has 0 spiro atoms. The Labute approximate surface area is 98.8 Å². The maximum Gasteiger partial charge on any atom is 0.227 e. The van der Waals surface area contributed by atoms with Gasteiger partial charge in [-0.15, -0.1) is 0 Å². The Balaban J connectivity index is 2.34. The zero-order valence-electron chi connectivity index (χ0n) is 8.17. The molecule has 1 fully saturated rings. The molecule has 0 atom stereocenters. The molecule has 1 aliphatic heterocycles. The second kappa shape index (κ2) is 4.42. The predicted molar refractivity (Wildman–Crippen MR) is 62.7 cm³/mol. The van der Waals surface area contributed by atoms with Crippen LogP contribution >= 0.6 is 23.2 Å². The van der Waals surface area contributed by atoms with Crippen molar-refractivity contribution in [2.45, 2.75) is 19.3 Å². The first kappa shape index (κ1) is 10.8. The van der Waals surface area contributed by atoms with Crippen molar-refractivity contribution >= 4 is 34.8 Å². The smallest absolute Gasteiger partial charge is 0.227 e. The third-order valence-electron chi connectivity index (χ3n) is 2.52. The summed E-state index contributed by atoms with van der Waals surface area (Å²) in [5, 5.41) is 1.18. The van der Waals surface area contributed by atoms with Crippen molar-refractivity contribution < 1.29 is 4.79 Å². The Kier molecular flexibility index (Phi) is 3.17. The van der Waals surface area contributed by atoms with Crippen LogP contribution in [0.1, 0.15) is 19.3 Å². The van der Waals surface area contributed by atoms with Gasteiger partial charge >= 0.3 is 0 Å². The number of hydrogen-bond donors (Lipinski definition) is 0. The number of carbonyl (C=O) groups is 1. The van der Waals surface area contributed by atoms with Crippen LogP contribution in [-0.2, 0) is 4.79 Å². The van der Waals surface area contributed by atoms with Crippen LogP contribution in [0.25, 0.3) is 0 Å². The monoisotopic (exact) mass is 243 g/mol. The lowest BCUT2D eigenvalue weighted by molar-refractivity contribution is -0.119. The minimum Gasteiger partial charge on any atom is -0.311 e. The van der Waals surface area contributed by atoms with Gasteiger partial charge in [-0.2, -0.15) is 0 Å². The number of rotatable bonds is 1. The summed E-state index contributed by atoms with van der Waals surface area (Å²) < 4.78 is 0. The molecule has 1 aliphatic rings. The maximum absolute atomic E-state index is 11.7. The highest BCUT2D eigenvalue weighted by Crippen LogP contribution is 2.31. The molecule has 0 aromatic heterocycles. The van der Waals surface area contributed by atoms with Gasteiger partial charge in [-0.05, 0) is 31.0 Å². The molecule has 1 aromatic carbocycles. The van der Waals surface area contributed by atoms with E-state index < -0.39 is 0 Å². The van der Waals surface area contributed by atoms with E-state index in [4.69, 9.17) is 23.2 Å². The van der Waals surface area contributed by atoms with Crippen LogP contribution in [-0.4, -0.2) is 12.5 Å². The van der Waals surface area contributed by atoms with Crippen LogP contribution in [0.2, 0.25) is 10.0 Å². The highest BCUT2D eigenvalue weighted by atomic mass is 35.5. The molecule has 0 unspecified atom stereocenters. The van der Waals surface area contributed by atoms with Gasteiger partial charge in [-0.25, -0.2) is 0 Å². The summed E-state index contributed by atoms with van der Waals surface area (Å²) in [7, 11) is 0. The Morgan fingerprint density at radius 1 is 1.20 bits per heavy atom. The third kappa shape index (κ3) is 2.27. The van der Waals surface area contributed by atoms with Gasteiger partial charge in [0.15, 0.2) is 0 Å². The average Bonchev–Trinajstić information content (AvgIpc) is 2.23. The molecule has 1 amide bonds. The van der Waals surface area contributed by atoms with Crippen molar-refractivity contribution in [3.05, 3.63) is 28.2 Å². The second-order valence-electron chi connectivity index (χ2n) is 3.60. The molecule has 1 aromatic rings. The topological polar surface area (TPSA) is 20.3 Å². The van der Waals surface area contributed by atoms with Crippen LogP contribution in [0.3, 0.4) is 0 Å². The molecular formula is C11H11Cl2NO. The predicted octanol–water partition coefficient (Wildman–Crippen LogP) is 3.51. The highest BCUT2D eigenvalue weighted by molar-refractivity contribution is 6.35. The van der Waals surface area contributed by atoms with Gasteiger partial charge in [-0.1, -0.05) is 23.2 Å².